The van der Waals surface area contributed by atoms with E-state index in [0.29, 0.717) is 6.61 Å². The molecular weight excluding hydrogens is 172 g/mol. The standard InChI is InChI=1S/C9H18O4/c1-7(2)13-9(3,10)6-11-4-8-5-12-8/h7-8,10H,4-6H2,1-3H3. The van der Waals surface area contributed by atoms with Gasteiger partial charge in [-0.05, 0) is 20.8 Å². The van der Waals surface area contributed by atoms with E-state index < -0.39 is 5.79 Å². The maximum Gasteiger partial charge on any atom is 0.186 e. The zero-order valence-electron chi connectivity index (χ0n) is 8.45. The van der Waals surface area contributed by atoms with Crippen molar-refractivity contribution in [1.82, 2.24) is 0 Å². The molecule has 1 fully saturated rings. The van der Waals surface area contributed by atoms with E-state index in [-0.39, 0.29) is 18.8 Å². The lowest BCUT2D eigenvalue weighted by Gasteiger charge is -2.25. The Labute approximate surface area is 78.8 Å². The predicted molar refractivity (Wildman–Crippen MR) is 47.4 cm³/mol. The largest absolute Gasteiger partial charge is 0.373 e. The van der Waals surface area contributed by atoms with Gasteiger partial charge in [-0.2, -0.15) is 0 Å². The molecule has 1 heterocycles. The van der Waals surface area contributed by atoms with Crippen LogP contribution in [0.1, 0.15) is 20.8 Å². The van der Waals surface area contributed by atoms with Gasteiger partial charge in [0.25, 0.3) is 0 Å². The Kier molecular flexibility index (Phi) is 3.67. The highest BCUT2D eigenvalue weighted by atomic mass is 16.7. The number of hydrogen-bond donors (Lipinski definition) is 1. The van der Waals surface area contributed by atoms with Crippen molar-refractivity contribution < 1.29 is 19.3 Å². The Balaban J connectivity index is 2.08. The zero-order valence-corrected chi connectivity index (χ0v) is 8.45. The molecule has 2 unspecified atom stereocenters. The third-order valence-electron chi connectivity index (χ3n) is 1.57. The first-order chi connectivity index (χ1) is 5.99. The molecule has 0 aliphatic carbocycles. The van der Waals surface area contributed by atoms with E-state index in [2.05, 4.69) is 0 Å². The number of hydrogen-bond acceptors (Lipinski definition) is 4. The fraction of sp³-hybridized carbons (Fsp3) is 1.00. The highest BCUT2D eigenvalue weighted by Gasteiger charge is 2.26. The molecule has 78 valence electrons. The van der Waals surface area contributed by atoms with Gasteiger partial charge in [-0.3, -0.25) is 0 Å². The molecule has 1 N–H and O–H groups in total. The highest BCUT2D eigenvalue weighted by Crippen LogP contribution is 2.13. The number of ether oxygens (including phenoxy) is 3. The second kappa shape index (κ2) is 4.37. The fourth-order valence-electron chi connectivity index (χ4n) is 1.09. The van der Waals surface area contributed by atoms with Crippen LogP contribution in [-0.4, -0.2) is 42.9 Å². The first kappa shape index (κ1) is 10.9. The third kappa shape index (κ3) is 5.21. The summed E-state index contributed by atoms with van der Waals surface area (Å²) in [5.41, 5.74) is 0. The smallest absolute Gasteiger partial charge is 0.186 e. The van der Waals surface area contributed by atoms with Crippen LogP contribution in [0.3, 0.4) is 0 Å². The van der Waals surface area contributed by atoms with Crippen LogP contribution in [0.25, 0.3) is 0 Å². The summed E-state index contributed by atoms with van der Waals surface area (Å²) < 4.78 is 15.4. The van der Waals surface area contributed by atoms with Gasteiger partial charge in [-0.1, -0.05) is 0 Å². The van der Waals surface area contributed by atoms with Crippen LogP contribution in [0.2, 0.25) is 0 Å². The van der Waals surface area contributed by atoms with E-state index in [1.165, 1.54) is 0 Å². The highest BCUT2D eigenvalue weighted by molar-refractivity contribution is 4.68. The number of rotatable bonds is 6. The molecule has 0 aromatic heterocycles. The van der Waals surface area contributed by atoms with Gasteiger partial charge in [0.2, 0.25) is 0 Å². The second-order valence-electron chi connectivity index (χ2n) is 3.81. The van der Waals surface area contributed by atoms with Crippen molar-refractivity contribution >= 4 is 0 Å². The van der Waals surface area contributed by atoms with E-state index in [9.17, 15) is 5.11 Å². The van der Waals surface area contributed by atoms with Crippen LogP contribution >= 0.6 is 0 Å². The Bertz CT molecular complexity index is 152. The summed E-state index contributed by atoms with van der Waals surface area (Å²) >= 11 is 0. The molecule has 0 amide bonds. The van der Waals surface area contributed by atoms with Crippen molar-refractivity contribution in [2.45, 2.75) is 38.8 Å². The van der Waals surface area contributed by atoms with Crippen molar-refractivity contribution in [3.63, 3.8) is 0 Å². The molecule has 1 rings (SSSR count). The molecule has 0 aromatic carbocycles. The minimum absolute atomic E-state index is 0.00391. The quantitative estimate of drug-likeness (QED) is 0.490. The number of aliphatic hydroxyl groups is 1. The predicted octanol–water partition coefficient (Wildman–Crippen LogP) is 0.535. The van der Waals surface area contributed by atoms with Gasteiger partial charge in [0.1, 0.15) is 12.7 Å². The van der Waals surface area contributed by atoms with Crippen LogP contribution in [-0.2, 0) is 14.2 Å². The van der Waals surface area contributed by atoms with Crippen molar-refractivity contribution in [2.24, 2.45) is 0 Å². The molecule has 1 aliphatic heterocycles. The summed E-state index contributed by atoms with van der Waals surface area (Å²) in [6.45, 7) is 6.84. The molecule has 0 spiro atoms. The first-order valence-electron chi connectivity index (χ1n) is 4.59. The normalized spacial score (nSPS) is 26.1. The van der Waals surface area contributed by atoms with Gasteiger partial charge in [0.05, 0.1) is 19.3 Å². The monoisotopic (exact) mass is 190 g/mol. The minimum Gasteiger partial charge on any atom is -0.373 e. The third-order valence-corrected chi connectivity index (χ3v) is 1.57. The molecule has 0 saturated carbocycles. The Morgan fingerprint density at radius 1 is 1.62 bits per heavy atom. The molecule has 13 heavy (non-hydrogen) atoms. The lowest BCUT2D eigenvalue weighted by atomic mass is 10.3. The van der Waals surface area contributed by atoms with Crippen LogP contribution in [0.5, 0.6) is 0 Å². The first-order valence-corrected chi connectivity index (χ1v) is 4.59. The van der Waals surface area contributed by atoms with Crippen LogP contribution in [0.15, 0.2) is 0 Å². The fourth-order valence-corrected chi connectivity index (χ4v) is 1.09. The van der Waals surface area contributed by atoms with Crippen LogP contribution in [0, 0.1) is 0 Å². The van der Waals surface area contributed by atoms with Gasteiger partial charge >= 0.3 is 0 Å². The van der Waals surface area contributed by atoms with Crippen molar-refractivity contribution in [3.8, 4) is 0 Å². The lowest BCUT2D eigenvalue weighted by Crippen LogP contribution is -2.37. The Hall–Kier alpha value is -0.160. The van der Waals surface area contributed by atoms with Crippen molar-refractivity contribution in [2.75, 3.05) is 19.8 Å². The van der Waals surface area contributed by atoms with E-state index in [1.54, 1.807) is 6.92 Å². The molecular formula is C9H18O4. The average molecular weight is 190 g/mol. The summed E-state index contributed by atoms with van der Waals surface area (Å²) in [6.07, 6.45) is 0.227. The second-order valence-corrected chi connectivity index (χ2v) is 3.81. The summed E-state index contributed by atoms with van der Waals surface area (Å²) in [4.78, 5) is 0. The molecule has 1 aliphatic rings. The zero-order chi connectivity index (χ0) is 9.90. The van der Waals surface area contributed by atoms with E-state index in [4.69, 9.17) is 14.2 Å². The Morgan fingerprint density at radius 3 is 2.69 bits per heavy atom. The van der Waals surface area contributed by atoms with Gasteiger partial charge in [-0.15, -0.1) is 0 Å². The van der Waals surface area contributed by atoms with Gasteiger partial charge in [0, 0.05) is 0 Å². The summed E-state index contributed by atoms with van der Waals surface area (Å²) in [7, 11) is 0. The lowest BCUT2D eigenvalue weighted by molar-refractivity contribution is -0.237. The summed E-state index contributed by atoms with van der Waals surface area (Å²) in [6, 6.07) is 0. The van der Waals surface area contributed by atoms with Gasteiger partial charge in [0.15, 0.2) is 5.79 Å². The molecule has 0 bridgehead atoms. The summed E-state index contributed by atoms with van der Waals surface area (Å²) in [5.74, 6) is -1.19. The molecule has 0 radical (unpaired) electrons. The maximum absolute atomic E-state index is 9.63. The summed E-state index contributed by atoms with van der Waals surface area (Å²) in [5, 5.41) is 9.63. The van der Waals surface area contributed by atoms with Crippen LogP contribution in [0.4, 0.5) is 0 Å². The number of epoxide rings is 1. The maximum atomic E-state index is 9.63. The van der Waals surface area contributed by atoms with E-state index >= 15 is 0 Å². The van der Waals surface area contributed by atoms with Crippen molar-refractivity contribution in [1.29, 1.82) is 0 Å². The van der Waals surface area contributed by atoms with Gasteiger partial charge in [-0.25, -0.2) is 0 Å². The van der Waals surface area contributed by atoms with Crippen molar-refractivity contribution in [3.05, 3.63) is 0 Å². The average Bonchev–Trinajstić information content (AvgIpc) is 2.67. The SMILES string of the molecule is CC(C)OC(C)(O)COCC1CO1. The molecule has 4 nitrogen and oxygen atoms in total. The van der Waals surface area contributed by atoms with E-state index in [1.807, 2.05) is 13.8 Å². The van der Waals surface area contributed by atoms with Gasteiger partial charge < -0.3 is 19.3 Å². The van der Waals surface area contributed by atoms with E-state index in [0.717, 1.165) is 6.61 Å². The molecule has 4 heteroatoms. The minimum atomic E-state index is -1.19. The molecule has 2 atom stereocenters. The molecule has 0 aromatic rings. The Morgan fingerprint density at radius 2 is 2.23 bits per heavy atom. The topological polar surface area (TPSA) is 51.2 Å². The van der Waals surface area contributed by atoms with Crippen LogP contribution < -0.4 is 0 Å². The molecule has 1 saturated heterocycles.